The van der Waals surface area contributed by atoms with E-state index in [0.717, 1.165) is 17.1 Å². The van der Waals surface area contributed by atoms with Gasteiger partial charge in [-0.05, 0) is 68.4 Å². The molecule has 0 bridgehead atoms. The van der Waals surface area contributed by atoms with E-state index in [1.54, 1.807) is 0 Å². The molecular formula is C34H24N4. The molecule has 0 fully saturated rings. The monoisotopic (exact) mass is 488 g/mol. The van der Waals surface area contributed by atoms with Crippen LogP contribution in [0, 0.1) is 11.3 Å². The molecule has 4 heteroatoms. The van der Waals surface area contributed by atoms with Gasteiger partial charge in [-0.25, -0.2) is 0 Å². The fourth-order valence-corrected chi connectivity index (χ4v) is 6.56. The Bertz CT molecular complexity index is 2120. The third kappa shape index (κ3) is 2.58. The summed E-state index contributed by atoms with van der Waals surface area (Å²) in [7, 11) is 0. The number of anilines is 2. The molecule has 0 spiro atoms. The molecule has 2 aromatic heterocycles. The first-order valence-corrected chi connectivity index (χ1v) is 13.1. The molecule has 4 nitrogen and oxygen atoms in total. The fraction of sp³-hybridized carbons (Fsp3) is 0.0882. The smallest absolute Gasteiger partial charge is 0.0992 e. The summed E-state index contributed by atoms with van der Waals surface area (Å²) in [4.78, 5) is 2.38. The Labute approximate surface area is 220 Å². The number of rotatable bonds is 2. The zero-order valence-corrected chi connectivity index (χ0v) is 21.2. The standard InChI is InChI=1S/C34H24N4/c1-21(2)36-30-14-8-12-25-33-29(38(34(25)30)27-16-15-22(20-35)19-31(27)36)18-17-28-32(33)24-11-6-7-13-26(24)37(28)23-9-4-3-5-10-23/h3-19,21H,1-2H3. The van der Waals surface area contributed by atoms with Crippen LogP contribution in [0.3, 0.4) is 0 Å². The van der Waals surface area contributed by atoms with Gasteiger partial charge in [-0.15, -0.1) is 0 Å². The average molecular weight is 489 g/mol. The van der Waals surface area contributed by atoms with Crippen molar-refractivity contribution in [2.24, 2.45) is 0 Å². The van der Waals surface area contributed by atoms with Gasteiger partial charge in [0.1, 0.15) is 0 Å². The van der Waals surface area contributed by atoms with Gasteiger partial charge < -0.3 is 14.0 Å². The lowest BCUT2D eigenvalue weighted by Gasteiger charge is -2.36. The molecule has 1 aliphatic heterocycles. The average Bonchev–Trinajstić information content (AvgIpc) is 3.47. The van der Waals surface area contributed by atoms with Crippen molar-refractivity contribution in [1.29, 1.82) is 5.26 Å². The molecule has 0 atom stereocenters. The van der Waals surface area contributed by atoms with Crippen LogP contribution in [0.1, 0.15) is 19.4 Å². The van der Waals surface area contributed by atoms with E-state index in [0.29, 0.717) is 5.56 Å². The molecule has 0 saturated carbocycles. The lowest BCUT2D eigenvalue weighted by atomic mass is 10.0. The van der Waals surface area contributed by atoms with Gasteiger partial charge >= 0.3 is 0 Å². The van der Waals surface area contributed by atoms with E-state index in [9.17, 15) is 5.26 Å². The zero-order valence-electron chi connectivity index (χ0n) is 21.2. The number of nitriles is 1. The summed E-state index contributed by atoms with van der Waals surface area (Å²) >= 11 is 0. The van der Waals surface area contributed by atoms with E-state index in [2.05, 4.69) is 125 Å². The van der Waals surface area contributed by atoms with Crippen LogP contribution < -0.4 is 4.90 Å². The zero-order chi connectivity index (χ0) is 25.5. The summed E-state index contributed by atoms with van der Waals surface area (Å²) in [6, 6.07) is 39.2. The molecule has 7 aromatic rings. The lowest BCUT2D eigenvalue weighted by molar-refractivity contribution is 0.781. The Balaban J connectivity index is 1.61. The summed E-state index contributed by atoms with van der Waals surface area (Å²) in [6.07, 6.45) is 0. The molecular weight excluding hydrogens is 464 g/mol. The molecule has 0 unspecified atom stereocenters. The lowest BCUT2D eigenvalue weighted by Crippen LogP contribution is -2.29. The predicted molar refractivity (Wildman–Crippen MR) is 157 cm³/mol. The Morgan fingerprint density at radius 3 is 2.11 bits per heavy atom. The van der Waals surface area contributed by atoms with Crippen LogP contribution in [-0.4, -0.2) is 15.2 Å². The van der Waals surface area contributed by atoms with Crippen LogP contribution in [-0.2, 0) is 0 Å². The van der Waals surface area contributed by atoms with Crippen molar-refractivity contribution < 1.29 is 0 Å². The number of para-hydroxylation sites is 3. The highest BCUT2D eigenvalue weighted by molar-refractivity contribution is 6.30. The summed E-state index contributed by atoms with van der Waals surface area (Å²) in [5, 5.41) is 14.7. The minimum Gasteiger partial charge on any atom is -0.335 e. The van der Waals surface area contributed by atoms with E-state index in [1.807, 2.05) is 12.1 Å². The topological polar surface area (TPSA) is 36.9 Å². The second-order valence-electron chi connectivity index (χ2n) is 10.3. The molecule has 0 N–H and O–H groups in total. The second-order valence-corrected chi connectivity index (χ2v) is 10.3. The van der Waals surface area contributed by atoms with Crippen LogP contribution in [0.2, 0.25) is 0 Å². The molecule has 0 amide bonds. The van der Waals surface area contributed by atoms with Crippen LogP contribution in [0.4, 0.5) is 11.4 Å². The number of aromatic nitrogens is 2. The van der Waals surface area contributed by atoms with E-state index in [1.165, 1.54) is 49.3 Å². The molecule has 8 rings (SSSR count). The van der Waals surface area contributed by atoms with Crippen molar-refractivity contribution in [3.8, 4) is 17.4 Å². The van der Waals surface area contributed by atoms with E-state index in [4.69, 9.17) is 0 Å². The van der Waals surface area contributed by atoms with E-state index < -0.39 is 0 Å². The molecule has 3 heterocycles. The predicted octanol–water partition coefficient (Wildman–Crippen LogP) is 8.61. The quantitative estimate of drug-likeness (QED) is 0.244. The van der Waals surface area contributed by atoms with Crippen LogP contribution >= 0.6 is 0 Å². The highest BCUT2D eigenvalue weighted by Gasteiger charge is 2.30. The van der Waals surface area contributed by atoms with Gasteiger partial charge in [0.2, 0.25) is 0 Å². The van der Waals surface area contributed by atoms with Crippen LogP contribution in [0.25, 0.3) is 55.0 Å². The fourth-order valence-electron chi connectivity index (χ4n) is 6.56. The first-order valence-electron chi connectivity index (χ1n) is 13.1. The summed E-state index contributed by atoms with van der Waals surface area (Å²) < 4.78 is 4.79. The molecule has 1 aliphatic rings. The van der Waals surface area contributed by atoms with Gasteiger partial charge in [-0.3, -0.25) is 0 Å². The summed E-state index contributed by atoms with van der Waals surface area (Å²) in [5.74, 6) is 0. The minimum atomic E-state index is 0.236. The summed E-state index contributed by atoms with van der Waals surface area (Å²) in [6.45, 7) is 4.43. The van der Waals surface area contributed by atoms with Crippen molar-refractivity contribution in [3.63, 3.8) is 0 Å². The maximum absolute atomic E-state index is 9.68. The van der Waals surface area contributed by atoms with E-state index in [-0.39, 0.29) is 6.04 Å². The largest absolute Gasteiger partial charge is 0.335 e. The Morgan fingerprint density at radius 2 is 1.32 bits per heavy atom. The Kier molecular flexibility index (Phi) is 4.17. The number of benzene rings is 5. The van der Waals surface area contributed by atoms with Crippen molar-refractivity contribution in [2.45, 2.75) is 19.9 Å². The third-order valence-corrected chi connectivity index (χ3v) is 7.96. The third-order valence-electron chi connectivity index (χ3n) is 7.96. The Hall–Kier alpha value is -5.01. The van der Waals surface area contributed by atoms with Gasteiger partial charge in [0.15, 0.2) is 0 Å². The van der Waals surface area contributed by atoms with Crippen LogP contribution in [0.15, 0.2) is 103 Å². The van der Waals surface area contributed by atoms with Gasteiger partial charge in [-0.1, -0.05) is 48.5 Å². The Morgan fingerprint density at radius 1 is 0.605 bits per heavy atom. The van der Waals surface area contributed by atoms with Crippen molar-refractivity contribution in [3.05, 3.63) is 109 Å². The maximum atomic E-state index is 9.68. The SMILES string of the molecule is CC(C)N1c2cc(C#N)ccc2-n2c3ccc4c(c5ccccc5n4-c4ccccc4)c3c3cccc1c32. The molecule has 5 aromatic carbocycles. The van der Waals surface area contributed by atoms with Crippen molar-refractivity contribution in [1.82, 2.24) is 9.13 Å². The summed E-state index contributed by atoms with van der Waals surface area (Å²) in [5.41, 5.74) is 10.0. The number of hydrogen-bond acceptors (Lipinski definition) is 2. The number of hydrogen-bond donors (Lipinski definition) is 0. The maximum Gasteiger partial charge on any atom is 0.0992 e. The highest BCUT2D eigenvalue weighted by Crippen LogP contribution is 2.50. The highest BCUT2D eigenvalue weighted by atomic mass is 15.2. The van der Waals surface area contributed by atoms with Gasteiger partial charge in [0.25, 0.3) is 0 Å². The molecule has 0 radical (unpaired) electrons. The van der Waals surface area contributed by atoms with Gasteiger partial charge in [-0.2, -0.15) is 5.26 Å². The number of fused-ring (bicyclic) bond motifs is 9. The molecule has 0 aliphatic carbocycles. The second kappa shape index (κ2) is 7.50. The van der Waals surface area contributed by atoms with Gasteiger partial charge in [0, 0.05) is 33.3 Å². The van der Waals surface area contributed by atoms with Gasteiger partial charge in [0.05, 0.1) is 50.8 Å². The van der Waals surface area contributed by atoms with Crippen molar-refractivity contribution >= 4 is 55.0 Å². The van der Waals surface area contributed by atoms with Crippen LogP contribution in [0.5, 0.6) is 0 Å². The molecule has 0 saturated heterocycles. The number of nitrogens with zero attached hydrogens (tertiary/aromatic N) is 4. The molecule has 180 valence electrons. The van der Waals surface area contributed by atoms with Crippen molar-refractivity contribution in [2.75, 3.05) is 4.90 Å². The first kappa shape index (κ1) is 21.1. The van der Waals surface area contributed by atoms with E-state index >= 15 is 0 Å². The minimum absolute atomic E-state index is 0.236. The first-order chi connectivity index (χ1) is 18.7. The normalized spacial score (nSPS) is 12.6. The molecule has 38 heavy (non-hydrogen) atoms.